The summed E-state index contributed by atoms with van der Waals surface area (Å²) in [7, 11) is 3.16. The van der Waals surface area contributed by atoms with Gasteiger partial charge in [-0.05, 0) is 76.3 Å². The fourth-order valence-electron chi connectivity index (χ4n) is 5.75. The standard InChI is InChI=1S/C24H35N3O3/c1-16-6-7-20(25-17(16)2)18-14-24(15-18)8-10-27(11-9-24)21(28)19-12-23(3,13-19)26(4)22(29)30-5/h6-7,18-19H,8-15H2,1-5H3. The Morgan fingerprint density at radius 1 is 1.13 bits per heavy atom. The summed E-state index contributed by atoms with van der Waals surface area (Å²) in [5.74, 6) is 0.880. The quantitative estimate of drug-likeness (QED) is 0.750. The van der Waals surface area contributed by atoms with Gasteiger partial charge < -0.3 is 14.5 Å². The summed E-state index contributed by atoms with van der Waals surface area (Å²) in [6.07, 6.45) is 5.73. The minimum Gasteiger partial charge on any atom is -0.453 e. The van der Waals surface area contributed by atoms with E-state index in [9.17, 15) is 9.59 Å². The Bertz CT molecular complexity index is 830. The fourth-order valence-corrected chi connectivity index (χ4v) is 5.75. The van der Waals surface area contributed by atoms with Crippen LogP contribution < -0.4 is 0 Å². The zero-order valence-corrected chi connectivity index (χ0v) is 19.0. The maximum absolute atomic E-state index is 13.0. The van der Waals surface area contributed by atoms with E-state index < -0.39 is 0 Å². The summed E-state index contributed by atoms with van der Waals surface area (Å²) in [5.41, 5.74) is 3.76. The van der Waals surface area contributed by atoms with Crippen LogP contribution in [0, 0.1) is 25.2 Å². The molecular formula is C24H35N3O3. The van der Waals surface area contributed by atoms with Gasteiger partial charge >= 0.3 is 6.09 Å². The van der Waals surface area contributed by atoms with E-state index in [0.717, 1.165) is 44.5 Å². The van der Waals surface area contributed by atoms with Crippen molar-refractivity contribution >= 4 is 12.0 Å². The van der Waals surface area contributed by atoms with Gasteiger partial charge in [0.2, 0.25) is 5.91 Å². The third kappa shape index (κ3) is 3.58. The van der Waals surface area contributed by atoms with Crippen molar-refractivity contribution in [3.63, 3.8) is 0 Å². The Balaban J connectivity index is 1.26. The molecule has 2 heterocycles. The molecule has 0 N–H and O–H groups in total. The average molecular weight is 414 g/mol. The number of piperidine rings is 1. The average Bonchev–Trinajstić information content (AvgIpc) is 2.70. The van der Waals surface area contributed by atoms with E-state index in [0.29, 0.717) is 11.3 Å². The van der Waals surface area contributed by atoms with E-state index in [1.54, 1.807) is 11.9 Å². The topological polar surface area (TPSA) is 62.7 Å². The summed E-state index contributed by atoms with van der Waals surface area (Å²) in [5, 5.41) is 0. The summed E-state index contributed by atoms with van der Waals surface area (Å²) in [6.45, 7) is 7.97. The largest absolute Gasteiger partial charge is 0.453 e. The van der Waals surface area contributed by atoms with Crippen LogP contribution in [0.15, 0.2) is 12.1 Å². The van der Waals surface area contributed by atoms with Crippen molar-refractivity contribution in [2.45, 2.75) is 70.8 Å². The molecule has 2 saturated carbocycles. The van der Waals surface area contributed by atoms with Crippen LogP contribution in [-0.4, -0.2) is 59.6 Å². The van der Waals surface area contributed by atoms with Crippen molar-refractivity contribution in [2.24, 2.45) is 11.3 Å². The number of nitrogens with zero attached hydrogens (tertiary/aromatic N) is 3. The summed E-state index contributed by atoms with van der Waals surface area (Å²) >= 11 is 0. The van der Waals surface area contributed by atoms with E-state index in [-0.39, 0.29) is 23.5 Å². The molecule has 6 heteroatoms. The van der Waals surface area contributed by atoms with Gasteiger partial charge in [-0.15, -0.1) is 0 Å². The minimum atomic E-state index is -0.332. The van der Waals surface area contributed by atoms with Crippen molar-refractivity contribution in [1.29, 1.82) is 0 Å². The van der Waals surface area contributed by atoms with Crippen LogP contribution in [-0.2, 0) is 9.53 Å². The molecule has 0 unspecified atom stereocenters. The van der Waals surface area contributed by atoms with Crippen molar-refractivity contribution in [2.75, 3.05) is 27.2 Å². The minimum absolute atomic E-state index is 0.0324. The van der Waals surface area contributed by atoms with Crippen LogP contribution in [0.5, 0.6) is 0 Å². The highest BCUT2D eigenvalue weighted by Gasteiger charge is 2.51. The van der Waals surface area contributed by atoms with Gasteiger partial charge in [-0.1, -0.05) is 6.07 Å². The van der Waals surface area contributed by atoms with Gasteiger partial charge in [0.15, 0.2) is 0 Å². The smallest absolute Gasteiger partial charge is 0.409 e. The number of aromatic nitrogens is 1. The van der Waals surface area contributed by atoms with Gasteiger partial charge in [0, 0.05) is 48.9 Å². The van der Waals surface area contributed by atoms with Gasteiger partial charge in [-0.25, -0.2) is 4.79 Å². The summed E-state index contributed by atoms with van der Waals surface area (Å²) in [4.78, 5) is 33.3. The normalized spacial score (nSPS) is 27.9. The number of amides is 2. The number of likely N-dealkylation sites (tertiary alicyclic amines) is 1. The molecule has 3 fully saturated rings. The number of pyridine rings is 1. The zero-order chi connectivity index (χ0) is 21.7. The molecule has 1 aromatic rings. The number of hydrogen-bond donors (Lipinski definition) is 0. The highest BCUT2D eigenvalue weighted by atomic mass is 16.5. The number of carbonyl (C=O) groups excluding carboxylic acids is 2. The third-order valence-electron chi connectivity index (χ3n) is 8.26. The highest BCUT2D eigenvalue weighted by molar-refractivity contribution is 5.81. The van der Waals surface area contributed by atoms with E-state index in [1.165, 1.54) is 31.2 Å². The van der Waals surface area contributed by atoms with Crippen LogP contribution in [0.4, 0.5) is 4.79 Å². The van der Waals surface area contributed by atoms with Crippen LogP contribution in [0.3, 0.4) is 0 Å². The first-order chi connectivity index (χ1) is 14.2. The van der Waals surface area contributed by atoms with Crippen LogP contribution in [0.2, 0.25) is 0 Å². The molecule has 1 spiro atoms. The maximum atomic E-state index is 13.0. The third-order valence-corrected chi connectivity index (χ3v) is 8.26. The van der Waals surface area contributed by atoms with E-state index in [1.807, 2.05) is 6.92 Å². The Morgan fingerprint density at radius 2 is 1.77 bits per heavy atom. The van der Waals surface area contributed by atoms with Gasteiger partial charge in [-0.2, -0.15) is 0 Å². The van der Waals surface area contributed by atoms with Crippen LogP contribution in [0.25, 0.3) is 0 Å². The molecule has 6 nitrogen and oxygen atoms in total. The van der Waals surface area contributed by atoms with Gasteiger partial charge in [0.05, 0.1) is 7.11 Å². The molecule has 0 aromatic carbocycles. The van der Waals surface area contributed by atoms with Gasteiger partial charge in [0.25, 0.3) is 0 Å². The highest BCUT2D eigenvalue weighted by Crippen LogP contribution is 2.56. The molecule has 2 amide bonds. The predicted molar refractivity (Wildman–Crippen MR) is 115 cm³/mol. The lowest BCUT2D eigenvalue weighted by molar-refractivity contribution is -0.147. The molecule has 0 atom stereocenters. The van der Waals surface area contributed by atoms with Gasteiger partial charge in [0.1, 0.15) is 0 Å². The number of carbonyl (C=O) groups is 2. The first-order valence-corrected chi connectivity index (χ1v) is 11.2. The van der Waals surface area contributed by atoms with E-state index in [2.05, 4.69) is 30.9 Å². The predicted octanol–water partition coefficient (Wildman–Crippen LogP) is 4.05. The van der Waals surface area contributed by atoms with Crippen molar-refractivity contribution in [1.82, 2.24) is 14.8 Å². The second-order valence-corrected chi connectivity index (χ2v) is 10.2. The number of ether oxygens (including phenoxy) is 1. The molecule has 1 saturated heterocycles. The Labute approximate surface area is 180 Å². The van der Waals surface area contributed by atoms with Crippen molar-refractivity contribution in [3.8, 4) is 0 Å². The summed E-state index contributed by atoms with van der Waals surface area (Å²) in [6, 6.07) is 4.38. The lowest BCUT2D eigenvalue weighted by Gasteiger charge is -2.54. The first-order valence-electron chi connectivity index (χ1n) is 11.2. The Kier molecular flexibility index (Phi) is 5.31. The molecule has 164 valence electrons. The van der Waals surface area contributed by atoms with Crippen molar-refractivity contribution < 1.29 is 14.3 Å². The second-order valence-electron chi connectivity index (χ2n) is 10.2. The molecule has 30 heavy (non-hydrogen) atoms. The molecule has 0 bridgehead atoms. The zero-order valence-electron chi connectivity index (χ0n) is 19.0. The Morgan fingerprint density at radius 3 is 2.33 bits per heavy atom. The van der Waals surface area contributed by atoms with Crippen molar-refractivity contribution in [3.05, 3.63) is 29.1 Å². The Hall–Kier alpha value is -2.11. The van der Waals surface area contributed by atoms with E-state index >= 15 is 0 Å². The number of methoxy groups -OCH3 is 1. The monoisotopic (exact) mass is 413 g/mol. The fraction of sp³-hybridized carbons (Fsp3) is 0.708. The maximum Gasteiger partial charge on any atom is 0.409 e. The molecular weight excluding hydrogens is 378 g/mol. The molecule has 4 rings (SSSR count). The van der Waals surface area contributed by atoms with Gasteiger partial charge in [-0.3, -0.25) is 9.78 Å². The second kappa shape index (κ2) is 7.54. The number of hydrogen-bond acceptors (Lipinski definition) is 4. The van der Waals surface area contributed by atoms with E-state index in [4.69, 9.17) is 9.72 Å². The lowest BCUT2D eigenvalue weighted by Crippen LogP contribution is -2.60. The molecule has 1 aliphatic heterocycles. The van der Waals surface area contributed by atoms with Crippen LogP contribution >= 0.6 is 0 Å². The lowest BCUT2D eigenvalue weighted by atomic mass is 9.56. The molecule has 3 aliphatic rings. The molecule has 0 radical (unpaired) electrons. The number of rotatable bonds is 3. The number of aryl methyl sites for hydroxylation is 2. The SMILES string of the molecule is COC(=O)N(C)C1(C)CC(C(=O)N2CCC3(CC2)CC(c2ccc(C)c(C)n2)C3)C1. The van der Waals surface area contributed by atoms with Crippen LogP contribution in [0.1, 0.15) is 68.3 Å². The first kappa shape index (κ1) is 21.1. The molecule has 1 aromatic heterocycles. The molecule has 2 aliphatic carbocycles. The summed E-state index contributed by atoms with van der Waals surface area (Å²) < 4.78 is 4.83.